The van der Waals surface area contributed by atoms with Gasteiger partial charge in [0.15, 0.2) is 0 Å². The van der Waals surface area contributed by atoms with Crippen molar-refractivity contribution in [1.82, 2.24) is 4.98 Å². The first-order valence-corrected chi connectivity index (χ1v) is 5.92. The number of aryl methyl sites for hydroxylation is 2. The molecule has 0 spiro atoms. The molecule has 1 heterocycles. The van der Waals surface area contributed by atoms with Crippen LogP contribution in [0.1, 0.15) is 11.5 Å². The summed E-state index contributed by atoms with van der Waals surface area (Å²) in [7, 11) is 0. The summed E-state index contributed by atoms with van der Waals surface area (Å²) < 4.78 is 5.47. The molecular formula is C11H11ClN2OS. The first kappa shape index (κ1) is 11.4. The molecule has 0 aliphatic rings. The fourth-order valence-electron chi connectivity index (χ4n) is 1.18. The molecule has 84 valence electrons. The van der Waals surface area contributed by atoms with Crippen LogP contribution in [-0.2, 0) is 0 Å². The van der Waals surface area contributed by atoms with E-state index >= 15 is 0 Å². The number of halogens is 1. The molecule has 0 aliphatic heterocycles. The molecule has 3 nitrogen and oxygen atoms in total. The number of aromatic nitrogens is 1. The van der Waals surface area contributed by atoms with Gasteiger partial charge in [0.05, 0.1) is 5.69 Å². The predicted octanol–water partition coefficient (Wildman–Crippen LogP) is 3.68. The van der Waals surface area contributed by atoms with Gasteiger partial charge >= 0.3 is 0 Å². The average molecular weight is 255 g/mol. The number of nitrogens with zero attached hydrogens (tertiary/aromatic N) is 1. The Morgan fingerprint density at radius 3 is 2.75 bits per heavy atom. The van der Waals surface area contributed by atoms with E-state index in [-0.39, 0.29) is 0 Å². The van der Waals surface area contributed by atoms with Gasteiger partial charge in [-0.1, -0.05) is 11.6 Å². The van der Waals surface area contributed by atoms with Crippen molar-refractivity contribution in [1.29, 1.82) is 0 Å². The monoisotopic (exact) mass is 254 g/mol. The summed E-state index contributed by atoms with van der Waals surface area (Å²) in [5.74, 6) is 0.822. The molecule has 16 heavy (non-hydrogen) atoms. The normalized spacial score (nSPS) is 10.7. The Bertz CT molecular complexity index is 505. The second kappa shape index (κ2) is 4.39. The minimum absolute atomic E-state index is 0.587. The lowest BCUT2D eigenvalue weighted by atomic mass is 10.3. The van der Waals surface area contributed by atoms with Gasteiger partial charge in [-0.2, -0.15) is 0 Å². The van der Waals surface area contributed by atoms with Crippen LogP contribution in [0.3, 0.4) is 0 Å². The Morgan fingerprint density at radius 2 is 2.12 bits per heavy atom. The van der Waals surface area contributed by atoms with E-state index in [2.05, 4.69) is 4.98 Å². The van der Waals surface area contributed by atoms with Crippen molar-refractivity contribution >= 4 is 29.1 Å². The number of hydrogen-bond acceptors (Lipinski definition) is 4. The molecule has 0 aliphatic carbocycles. The third-order valence-electron chi connectivity index (χ3n) is 2.18. The lowest BCUT2D eigenvalue weighted by molar-refractivity contribution is 0.431. The maximum absolute atomic E-state index is 5.90. The smallest absolute Gasteiger partial charge is 0.261 e. The maximum Gasteiger partial charge on any atom is 0.261 e. The molecular weight excluding hydrogens is 244 g/mol. The number of nitrogen functional groups attached to an aromatic ring is 1. The van der Waals surface area contributed by atoms with E-state index in [1.54, 1.807) is 18.2 Å². The number of rotatable bonds is 2. The summed E-state index contributed by atoms with van der Waals surface area (Å²) >= 11 is 7.28. The highest BCUT2D eigenvalue weighted by molar-refractivity contribution is 7.99. The van der Waals surface area contributed by atoms with Crippen molar-refractivity contribution in [3.05, 3.63) is 34.7 Å². The predicted molar refractivity (Wildman–Crippen MR) is 66.0 cm³/mol. The van der Waals surface area contributed by atoms with E-state index in [4.69, 9.17) is 21.8 Å². The van der Waals surface area contributed by atoms with Gasteiger partial charge < -0.3 is 10.2 Å². The Kier molecular flexibility index (Phi) is 3.12. The molecule has 2 aromatic rings. The van der Waals surface area contributed by atoms with Crippen LogP contribution in [0.15, 0.2) is 32.7 Å². The molecule has 5 heteroatoms. The van der Waals surface area contributed by atoms with Crippen molar-refractivity contribution in [2.75, 3.05) is 5.73 Å². The van der Waals surface area contributed by atoms with Gasteiger partial charge in [0.25, 0.3) is 5.22 Å². The second-order valence-electron chi connectivity index (χ2n) is 3.41. The highest BCUT2D eigenvalue weighted by Crippen LogP contribution is 2.34. The lowest BCUT2D eigenvalue weighted by Gasteiger charge is -2.02. The Balaban J connectivity index is 2.29. The molecule has 0 saturated heterocycles. The summed E-state index contributed by atoms with van der Waals surface area (Å²) in [4.78, 5) is 5.13. The van der Waals surface area contributed by atoms with Gasteiger partial charge in [-0.3, -0.25) is 0 Å². The summed E-state index contributed by atoms with van der Waals surface area (Å²) in [5, 5.41) is 1.24. The summed E-state index contributed by atoms with van der Waals surface area (Å²) in [6, 6.07) is 5.33. The molecule has 0 fully saturated rings. The molecule has 0 atom stereocenters. The number of anilines is 1. The highest BCUT2D eigenvalue weighted by Gasteiger charge is 2.09. The minimum Gasteiger partial charge on any atom is -0.436 e. The van der Waals surface area contributed by atoms with E-state index in [0.29, 0.717) is 15.9 Å². The number of benzene rings is 1. The molecule has 1 aromatic heterocycles. The highest BCUT2D eigenvalue weighted by atomic mass is 35.5. The minimum atomic E-state index is 0.587. The Hall–Kier alpha value is -1.13. The largest absolute Gasteiger partial charge is 0.436 e. The molecule has 0 bridgehead atoms. The number of hydrogen-bond donors (Lipinski definition) is 1. The molecule has 0 unspecified atom stereocenters. The lowest BCUT2D eigenvalue weighted by Crippen LogP contribution is -1.87. The maximum atomic E-state index is 5.90. The average Bonchev–Trinajstić information content (AvgIpc) is 2.52. The Morgan fingerprint density at radius 1 is 1.38 bits per heavy atom. The van der Waals surface area contributed by atoms with Crippen LogP contribution < -0.4 is 5.73 Å². The van der Waals surface area contributed by atoms with Crippen LogP contribution in [0.5, 0.6) is 0 Å². The SMILES string of the molecule is Cc1nc(Sc2cc(Cl)ccc2N)oc1C. The van der Waals surface area contributed by atoms with E-state index < -0.39 is 0 Å². The molecule has 0 saturated carbocycles. The van der Waals surface area contributed by atoms with Gasteiger partial charge in [0.1, 0.15) is 5.76 Å². The van der Waals surface area contributed by atoms with E-state index in [1.165, 1.54) is 11.8 Å². The topological polar surface area (TPSA) is 52.0 Å². The molecule has 0 radical (unpaired) electrons. The standard InChI is InChI=1S/C11H11ClN2OS/c1-6-7(2)15-11(14-6)16-10-5-8(12)3-4-9(10)13/h3-5H,13H2,1-2H3. The fourth-order valence-corrected chi connectivity index (χ4v) is 2.32. The van der Waals surface area contributed by atoms with E-state index in [9.17, 15) is 0 Å². The van der Waals surface area contributed by atoms with E-state index in [1.807, 2.05) is 13.8 Å². The van der Waals surface area contributed by atoms with Gasteiger partial charge in [0.2, 0.25) is 0 Å². The van der Waals surface area contributed by atoms with Crippen molar-refractivity contribution in [3.63, 3.8) is 0 Å². The van der Waals surface area contributed by atoms with Gasteiger partial charge in [-0.15, -0.1) is 0 Å². The fraction of sp³-hybridized carbons (Fsp3) is 0.182. The van der Waals surface area contributed by atoms with Crippen molar-refractivity contribution in [2.45, 2.75) is 24.0 Å². The van der Waals surface area contributed by atoms with Gasteiger partial charge in [0, 0.05) is 15.6 Å². The summed E-state index contributed by atoms with van der Waals surface area (Å²) in [5.41, 5.74) is 7.39. The van der Waals surface area contributed by atoms with Crippen molar-refractivity contribution in [3.8, 4) is 0 Å². The van der Waals surface area contributed by atoms with Gasteiger partial charge in [-0.25, -0.2) is 4.98 Å². The molecule has 0 amide bonds. The van der Waals surface area contributed by atoms with Crippen LogP contribution in [-0.4, -0.2) is 4.98 Å². The first-order valence-electron chi connectivity index (χ1n) is 4.73. The first-order chi connectivity index (χ1) is 7.56. The van der Waals surface area contributed by atoms with Crippen molar-refractivity contribution in [2.24, 2.45) is 0 Å². The zero-order chi connectivity index (χ0) is 11.7. The number of oxazole rings is 1. The molecule has 2 rings (SSSR count). The third kappa shape index (κ3) is 2.33. The van der Waals surface area contributed by atoms with Crippen molar-refractivity contribution < 1.29 is 4.42 Å². The van der Waals surface area contributed by atoms with Crippen LogP contribution in [0, 0.1) is 13.8 Å². The third-order valence-corrected chi connectivity index (χ3v) is 3.34. The quantitative estimate of drug-likeness (QED) is 0.831. The zero-order valence-electron chi connectivity index (χ0n) is 8.95. The second-order valence-corrected chi connectivity index (χ2v) is 4.84. The summed E-state index contributed by atoms with van der Waals surface area (Å²) in [6.45, 7) is 3.79. The molecule has 2 N–H and O–H groups in total. The van der Waals surface area contributed by atoms with Crippen LogP contribution in [0.2, 0.25) is 5.02 Å². The van der Waals surface area contributed by atoms with E-state index in [0.717, 1.165) is 16.3 Å². The van der Waals surface area contributed by atoms with Crippen LogP contribution >= 0.6 is 23.4 Å². The Labute approximate surface area is 103 Å². The van der Waals surface area contributed by atoms with Gasteiger partial charge in [-0.05, 0) is 43.8 Å². The zero-order valence-corrected chi connectivity index (χ0v) is 10.5. The van der Waals surface area contributed by atoms with Crippen LogP contribution in [0.4, 0.5) is 5.69 Å². The van der Waals surface area contributed by atoms with Crippen LogP contribution in [0.25, 0.3) is 0 Å². The summed E-state index contributed by atoms with van der Waals surface area (Å²) in [6.07, 6.45) is 0. The number of nitrogens with two attached hydrogens (primary N) is 1. The molecule has 1 aromatic carbocycles.